The van der Waals surface area contributed by atoms with E-state index in [-0.39, 0.29) is 23.4 Å². The Labute approximate surface area is 237 Å². The monoisotopic (exact) mass is 563 g/mol. The number of methoxy groups -OCH3 is 1. The van der Waals surface area contributed by atoms with Crippen LogP contribution in [-0.4, -0.2) is 50.9 Å². The van der Waals surface area contributed by atoms with Crippen molar-refractivity contribution in [2.75, 3.05) is 18.0 Å². The van der Waals surface area contributed by atoms with Crippen molar-refractivity contribution in [1.29, 1.82) is 0 Å². The average molecular weight is 564 g/mol. The van der Waals surface area contributed by atoms with E-state index in [1.807, 2.05) is 31.2 Å². The topological polar surface area (TPSA) is 96.0 Å². The summed E-state index contributed by atoms with van der Waals surface area (Å²) >= 11 is 0. The van der Waals surface area contributed by atoms with E-state index in [1.165, 1.54) is 24.1 Å². The number of carbonyl (C=O) groups is 2. The van der Waals surface area contributed by atoms with Crippen LogP contribution in [0.15, 0.2) is 83.8 Å². The fraction of sp³-hybridized carbons (Fsp3) is 0.355. The van der Waals surface area contributed by atoms with Crippen LogP contribution in [0.5, 0.6) is 5.75 Å². The summed E-state index contributed by atoms with van der Waals surface area (Å²) < 4.78 is 34.0. The maximum absolute atomic E-state index is 14.0. The zero-order valence-corrected chi connectivity index (χ0v) is 24.1. The van der Waals surface area contributed by atoms with Crippen LogP contribution in [0.1, 0.15) is 43.7 Å². The van der Waals surface area contributed by atoms with Gasteiger partial charge in [-0.2, -0.15) is 0 Å². The van der Waals surface area contributed by atoms with Crippen molar-refractivity contribution in [2.24, 2.45) is 0 Å². The highest BCUT2D eigenvalue weighted by Crippen LogP contribution is 2.26. The summed E-state index contributed by atoms with van der Waals surface area (Å²) in [6, 6.07) is 21.6. The Morgan fingerprint density at radius 3 is 2.17 bits per heavy atom. The highest BCUT2D eigenvalue weighted by atomic mass is 32.2. The highest BCUT2D eigenvalue weighted by Gasteiger charge is 2.33. The Morgan fingerprint density at radius 2 is 1.57 bits per heavy atom. The van der Waals surface area contributed by atoms with Crippen LogP contribution < -0.4 is 14.4 Å². The van der Waals surface area contributed by atoms with Crippen LogP contribution >= 0.6 is 0 Å². The number of aryl methyl sites for hydroxylation is 1. The molecule has 8 nitrogen and oxygen atoms in total. The van der Waals surface area contributed by atoms with Gasteiger partial charge >= 0.3 is 0 Å². The number of nitrogens with zero attached hydrogens (tertiary/aromatic N) is 2. The van der Waals surface area contributed by atoms with Gasteiger partial charge in [-0.15, -0.1) is 0 Å². The fourth-order valence-electron chi connectivity index (χ4n) is 4.86. The summed E-state index contributed by atoms with van der Waals surface area (Å²) in [5.74, 6) is -0.195. The van der Waals surface area contributed by atoms with Gasteiger partial charge in [-0.25, -0.2) is 8.42 Å². The van der Waals surface area contributed by atoms with E-state index in [0.717, 1.165) is 41.1 Å². The van der Waals surface area contributed by atoms with Crippen LogP contribution in [-0.2, 0) is 26.2 Å². The maximum atomic E-state index is 14.0. The number of carbonyl (C=O) groups excluding carboxylic acids is 2. The second kappa shape index (κ2) is 13.0. The van der Waals surface area contributed by atoms with E-state index in [9.17, 15) is 18.0 Å². The summed E-state index contributed by atoms with van der Waals surface area (Å²) in [6.45, 7) is 3.38. The molecular weight excluding hydrogens is 526 g/mol. The van der Waals surface area contributed by atoms with Crippen LogP contribution in [0.25, 0.3) is 0 Å². The lowest BCUT2D eigenvalue weighted by Crippen LogP contribution is -2.52. The molecule has 0 radical (unpaired) electrons. The number of ether oxygens (including phenoxy) is 1. The van der Waals surface area contributed by atoms with Crippen molar-refractivity contribution in [3.63, 3.8) is 0 Å². The molecule has 2 amide bonds. The molecule has 0 unspecified atom stereocenters. The van der Waals surface area contributed by atoms with Gasteiger partial charge in [0, 0.05) is 12.6 Å². The summed E-state index contributed by atoms with van der Waals surface area (Å²) in [5.41, 5.74) is 2.28. The van der Waals surface area contributed by atoms with Gasteiger partial charge in [0.1, 0.15) is 18.3 Å². The molecule has 3 aromatic carbocycles. The molecule has 40 heavy (non-hydrogen) atoms. The molecule has 9 heteroatoms. The minimum atomic E-state index is -4.12. The van der Waals surface area contributed by atoms with Gasteiger partial charge in [0.15, 0.2) is 0 Å². The molecule has 1 aliphatic carbocycles. The first kappa shape index (κ1) is 29.1. The molecule has 0 saturated heterocycles. The van der Waals surface area contributed by atoms with Crippen LogP contribution in [0.3, 0.4) is 0 Å². The lowest BCUT2D eigenvalue weighted by atomic mass is 10.1. The highest BCUT2D eigenvalue weighted by molar-refractivity contribution is 7.92. The van der Waals surface area contributed by atoms with Crippen LogP contribution in [0, 0.1) is 6.92 Å². The number of benzene rings is 3. The van der Waals surface area contributed by atoms with Crippen molar-refractivity contribution in [2.45, 2.75) is 63.1 Å². The molecule has 0 aromatic heterocycles. The predicted molar refractivity (Wildman–Crippen MR) is 156 cm³/mol. The lowest BCUT2D eigenvalue weighted by molar-refractivity contribution is -0.139. The zero-order chi connectivity index (χ0) is 28.7. The molecule has 1 atom stereocenters. The van der Waals surface area contributed by atoms with Crippen molar-refractivity contribution in [3.05, 3.63) is 90.0 Å². The molecule has 0 spiro atoms. The smallest absolute Gasteiger partial charge is 0.264 e. The third-order valence-electron chi connectivity index (χ3n) is 7.31. The van der Waals surface area contributed by atoms with Gasteiger partial charge in [0.2, 0.25) is 11.8 Å². The van der Waals surface area contributed by atoms with Gasteiger partial charge in [0.05, 0.1) is 17.7 Å². The Bertz CT molecular complexity index is 1390. The summed E-state index contributed by atoms with van der Waals surface area (Å²) in [6.07, 6.45) is 3.99. The van der Waals surface area contributed by atoms with Gasteiger partial charge in [0.25, 0.3) is 10.0 Å². The standard InChI is InChI=1S/C31H37N3O5S/c1-23-13-15-25(16-14-23)21-33(24(2)31(36)32-26-9-7-8-10-26)30(35)22-34(27-11-5-4-6-12-27)40(37,38)29-19-17-28(39-3)18-20-29/h4-6,11-20,24,26H,7-10,21-22H2,1-3H3,(H,32,36)/t24-/m1/s1. The minimum absolute atomic E-state index is 0.0297. The van der Waals surface area contributed by atoms with E-state index < -0.39 is 28.5 Å². The Balaban J connectivity index is 1.66. The van der Waals surface area contributed by atoms with E-state index in [1.54, 1.807) is 49.4 Å². The van der Waals surface area contributed by atoms with Crippen LogP contribution in [0.2, 0.25) is 0 Å². The fourth-order valence-corrected chi connectivity index (χ4v) is 6.28. The first-order chi connectivity index (χ1) is 19.2. The van der Waals surface area contributed by atoms with E-state index >= 15 is 0 Å². The molecular formula is C31H37N3O5S. The van der Waals surface area contributed by atoms with E-state index in [2.05, 4.69) is 5.32 Å². The molecule has 0 bridgehead atoms. The first-order valence-electron chi connectivity index (χ1n) is 13.6. The molecule has 4 rings (SSSR count). The van der Waals surface area contributed by atoms with Crippen molar-refractivity contribution in [1.82, 2.24) is 10.2 Å². The number of hydrogen-bond acceptors (Lipinski definition) is 5. The molecule has 1 N–H and O–H groups in total. The van der Waals surface area contributed by atoms with Gasteiger partial charge in [-0.3, -0.25) is 13.9 Å². The third-order valence-corrected chi connectivity index (χ3v) is 9.10. The average Bonchev–Trinajstić information content (AvgIpc) is 3.48. The summed E-state index contributed by atoms with van der Waals surface area (Å²) in [5, 5.41) is 3.08. The summed E-state index contributed by atoms with van der Waals surface area (Å²) in [4.78, 5) is 28.8. The van der Waals surface area contributed by atoms with Gasteiger partial charge in [-0.05, 0) is 68.7 Å². The summed E-state index contributed by atoms with van der Waals surface area (Å²) in [7, 11) is -2.62. The molecule has 1 saturated carbocycles. The Morgan fingerprint density at radius 1 is 0.950 bits per heavy atom. The largest absolute Gasteiger partial charge is 0.497 e. The van der Waals surface area contributed by atoms with Crippen molar-refractivity contribution >= 4 is 27.5 Å². The van der Waals surface area contributed by atoms with E-state index in [0.29, 0.717) is 11.4 Å². The second-order valence-electron chi connectivity index (χ2n) is 10.2. The Hall–Kier alpha value is -3.85. The zero-order valence-electron chi connectivity index (χ0n) is 23.2. The lowest BCUT2D eigenvalue weighted by Gasteiger charge is -2.32. The Kier molecular flexibility index (Phi) is 9.47. The normalized spacial score (nSPS) is 14.4. The number of nitrogens with one attached hydrogen (secondary N) is 1. The number of amides is 2. The molecule has 0 heterocycles. The molecule has 3 aromatic rings. The van der Waals surface area contributed by atoms with Crippen molar-refractivity contribution in [3.8, 4) is 5.75 Å². The van der Waals surface area contributed by atoms with Gasteiger partial charge in [-0.1, -0.05) is 60.9 Å². The second-order valence-corrected chi connectivity index (χ2v) is 12.1. The molecule has 1 aliphatic rings. The number of anilines is 1. The van der Waals surface area contributed by atoms with Gasteiger partial charge < -0.3 is 15.0 Å². The molecule has 212 valence electrons. The van der Waals surface area contributed by atoms with E-state index in [4.69, 9.17) is 4.74 Å². The number of para-hydroxylation sites is 1. The maximum Gasteiger partial charge on any atom is 0.264 e. The SMILES string of the molecule is COc1ccc(S(=O)(=O)N(CC(=O)N(Cc2ccc(C)cc2)[C@H](C)C(=O)NC2CCCC2)c2ccccc2)cc1. The quantitative estimate of drug-likeness (QED) is 0.366. The predicted octanol–water partition coefficient (Wildman–Crippen LogP) is 4.68. The number of rotatable bonds is 11. The number of sulfonamides is 1. The first-order valence-corrected chi connectivity index (χ1v) is 15.0. The van der Waals surface area contributed by atoms with Crippen LogP contribution in [0.4, 0.5) is 5.69 Å². The molecule has 0 aliphatic heterocycles. The third kappa shape index (κ3) is 7.01. The number of hydrogen-bond donors (Lipinski definition) is 1. The minimum Gasteiger partial charge on any atom is -0.497 e. The van der Waals surface area contributed by atoms with Crippen molar-refractivity contribution < 1.29 is 22.7 Å². The molecule has 1 fully saturated rings.